The Hall–Kier alpha value is -2.05. The number of carbonyl (C=O) groups is 1. The number of aromatic nitrogens is 2. The number of nitrogens with one attached hydrogen (secondary N) is 1. The lowest BCUT2D eigenvalue weighted by molar-refractivity contribution is 0.171. The lowest BCUT2D eigenvalue weighted by atomic mass is 10.4. The number of hydrazone groups is 1. The SMILES string of the molecule is COC(=O)N/N=C/c1cnn(C)c1N. The molecule has 0 bridgehead atoms. The first-order chi connectivity index (χ1) is 6.65. The molecule has 0 atom stereocenters. The topological polar surface area (TPSA) is 94.5 Å². The fraction of sp³-hybridized carbons (Fsp3) is 0.286. The summed E-state index contributed by atoms with van der Waals surface area (Å²) in [6, 6.07) is 0. The third-order valence-corrected chi connectivity index (χ3v) is 1.56. The Bertz CT molecular complexity index is 357. The average Bonchev–Trinajstić information content (AvgIpc) is 2.49. The minimum absolute atomic E-state index is 0.473. The summed E-state index contributed by atoms with van der Waals surface area (Å²) >= 11 is 0. The quantitative estimate of drug-likeness (QED) is 0.502. The number of rotatable bonds is 2. The first kappa shape index (κ1) is 10.0. The van der Waals surface area contributed by atoms with Crippen LogP contribution >= 0.6 is 0 Å². The monoisotopic (exact) mass is 197 g/mol. The third-order valence-electron chi connectivity index (χ3n) is 1.56. The number of nitrogens with zero attached hydrogens (tertiary/aromatic N) is 3. The van der Waals surface area contributed by atoms with Crippen molar-refractivity contribution in [2.75, 3.05) is 12.8 Å². The first-order valence-corrected chi connectivity index (χ1v) is 3.79. The van der Waals surface area contributed by atoms with Crippen molar-refractivity contribution >= 4 is 18.1 Å². The molecule has 1 aromatic heterocycles. The lowest BCUT2D eigenvalue weighted by Crippen LogP contribution is -2.16. The van der Waals surface area contributed by atoms with Crippen LogP contribution in [0.5, 0.6) is 0 Å². The van der Waals surface area contributed by atoms with Crippen molar-refractivity contribution in [2.24, 2.45) is 12.1 Å². The van der Waals surface area contributed by atoms with E-state index in [1.807, 2.05) is 0 Å². The van der Waals surface area contributed by atoms with E-state index in [0.717, 1.165) is 0 Å². The Morgan fingerprint density at radius 2 is 2.57 bits per heavy atom. The predicted octanol–water partition coefficient (Wildman–Crippen LogP) is -0.308. The van der Waals surface area contributed by atoms with Gasteiger partial charge in [-0.15, -0.1) is 0 Å². The van der Waals surface area contributed by atoms with E-state index in [0.29, 0.717) is 11.4 Å². The van der Waals surface area contributed by atoms with Crippen molar-refractivity contribution < 1.29 is 9.53 Å². The zero-order valence-corrected chi connectivity index (χ0v) is 7.89. The van der Waals surface area contributed by atoms with Crippen molar-refractivity contribution in [3.63, 3.8) is 0 Å². The summed E-state index contributed by atoms with van der Waals surface area (Å²) in [5.41, 5.74) is 8.38. The van der Waals surface area contributed by atoms with E-state index in [9.17, 15) is 4.79 Å². The van der Waals surface area contributed by atoms with Crippen LogP contribution in [0.15, 0.2) is 11.3 Å². The highest BCUT2D eigenvalue weighted by Gasteiger charge is 2.01. The smallest absolute Gasteiger partial charge is 0.427 e. The largest absolute Gasteiger partial charge is 0.452 e. The Morgan fingerprint density at radius 3 is 3.07 bits per heavy atom. The molecular weight excluding hydrogens is 186 g/mol. The highest BCUT2D eigenvalue weighted by molar-refractivity contribution is 5.85. The average molecular weight is 197 g/mol. The van der Waals surface area contributed by atoms with Crippen molar-refractivity contribution in [2.45, 2.75) is 0 Å². The summed E-state index contributed by atoms with van der Waals surface area (Å²) in [5, 5.41) is 7.49. The molecule has 0 radical (unpaired) electrons. The first-order valence-electron chi connectivity index (χ1n) is 3.79. The van der Waals surface area contributed by atoms with Crippen molar-refractivity contribution in [3.8, 4) is 0 Å². The van der Waals surface area contributed by atoms with Crippen LogP contribution < -0.4 is 11.2 Å². The summed E-state index contributed by atoms with van der Waals surface area (Å²) in [5.74, 6) is 0.473. The van der Waals surface area contributed by atoms with Gasteiger partial charge in [0.25, 0.3) is 0 Å². The second-order valence-corrected chi connectivity index (χ2v) is 2.47. The number of aryl methyl sites for hydroxylation is 1. The Morgan fingerprint density at radius 1 is 1.86 bits per heavy atom. The summed E-state index contributed by atoms with van der Waals surface area (Å²) in [4.78, 5) is 10.6. The molecule has 0 unspecified atom stereocenters. The van der Waals surface area contributed by atoms with E-state index in [-0.39, 0.29) is 0 Å². The number of carbonyl (C=O) groups excluding carboxylic acids is 1. The normalized spacial score (nSPS) is 10.4. The molecule has 0 saturated heterocycles. The van der Waals surface area contributed by atoms with Crippen LogP contribution in [0.4, 0.5) is 10.6 Å². The Balaban J connectivity index is 2.60. The minimum atomic E-state index is -0.635. The van der Waals surface area contributed by atoms with Gasteiger partial charge in [0.1, 0.15) is 5.82 Å². The van der Waals surface area contributed by atoms with Crippen molar-refractivity contribution in [3.05, 3.63) is 11.8 Å². The van der Waals surface area contributed by atoms with Gasteiger partial charge in [-0.05, 0) is 0 Å². The molecule has 0 aliphatic carbocycles. The minimum Gasteiger partial charge on any atom is -0.452 e. The molecule has 14 heavy (non-hydrogen) atoms. The van der Waals surface area contributed by atoms with Crippen LogP contribution in [-0.2, 0) is 11.8 Å². The van der Waals surface area contributed by atoms with Gasteiger partial charge in [-0.3, -0.25) is 4.68 Å². The van der Waals surface area contributed by atoms with Gasteiger partial charge in [-0.1, -0.05) is 0 Å². The molecule has 0 fully saturated rings. The van der Waals surface area contributed by atoms with E-state index in [4.69, 9.17) is 5.73 Å². The van der Waals surface area contributed by atoms with Gasteiger partial charge >= 0.3 is 6.09 Å². The molecule has 7 nitrogen and oxygen atoms in total. The van der Waals surface area contributed by atoms with E-state index in [1.165, 1.54) is 24.2 Å². The molecule has 0 aromatic carbocycles. The number of nitrogen functional groups attached to an aromatic ring is 1. The molecule has 1 amide bonds. The van der Waals surface area contributed by atoms with Gasteiger partial charge in [0.05, 0.1) is 25.1 Å². The van der Waals surface area contributed by atoms with Crippen LogP contribution in [0.3, 0.4) is 0 Å². The molecule has 1 aromatic rings. The Labute approximate surface area is 80.5 Å². The number of methoxy groups -OCH3 is 1. The molecule has 0 aliphatic heterocycles. The molecule has 0 aliphatic rings. The van der Waals surface area contributed by atoms with E-state index < -0.39 is 6.09 Å². The molecule has 0 saturated carbocycles. The molecule has 0 spiro atoms. The van der Waals surface area contributed by atoms with E-state index in [1.54, 1.807) is 7.05 Å². The summed E-state index contributed by atoms with van der Waals surface area (Å²) in [7, 11) is 2.96. The standard InChI is InChI=1S/C7H11N5O2/c1-12-6(8)5(4-10-12)3-9-11-7(13)14-2/h3-4H,8H2,1-2H3,(H,11,13)/b9-3+. The number of hydrogen-bond donors (Lipinski definition) is 2. The second-order valence-electron chi connectivity index (χ2n) is 2.47. The lowest BCUT2D eigenvalue weighted by Gasteiger charge is -1.95. The third kappa shape index (κ3) is 2.22. The van der Waals surface area contributed by atoms with Gasteiger partial charge in [0.15, 0.2) is 0 Å². The maximum Gasteiger partial charge on any atom is 0.427 e. The highest BCUT2D eigenvalue weighted by atomic mass is 16.5. The van der Waals surface area contributed by atoms with Crippen LogP contribution in [0, 0.1) is 0 Å². The van der Waals surface area contributed by atoms with Gasteiger partial charge in [0.2, 0.25) is 0 Å². The molecule has 76 valence electrons. The molecule has 1 heterocycles. The van der Waals surface area contributed by atoms with Crippen LogP contribution in [-0.4, -0.2) is 29.2 Å². The van der Waals surface area contributed by atoms with E-state index in [2.05, 4.69) is 20.4 Å². The van der Waals surface area contributed by atoms with Gasteiger partial charge in [-0.25, -0.2) is 10.2 Å². The zero-order valence-electron chi connectivity index (χ0n) is 7.89. The summed E-state index contributed by atoms with van der Waals surface area (Å²) in [6.45, 7) is 0. The van der Waals surface area contributed by atoms with Gasteiger partial charge in [-0.2, -0.15) is 10.2 Å². The summed E-state index contributed by atoms with van der Waals surface area (Å²) in [6.07, 6.45) is 2.29. The van der Waals surface area contributed by atoms with Crippen LogP contribution in [0.2, 0.25) is 0 Å². The fourth-order valence-corrected chi connectivity index (χ4v) is 0.764. The second kappa shape index (κ2) is 4.26. The molecule has 7 heteroatoms. The fourth-order valence-electron chi connectivity index (χ4n) is 0.764. The maximum atomic E-state index is 10.6. The van der Waals surface area contributed by atoms with Gasteiger partial charge < -0.3 is 10.5 Å². The van der Waals surface area contributed by atoms with Crippen LogP contribution in [0.25, 0.3) is 0 Å². The number of anilines is 1. The number of nitrogens with two attached hydrogens (primary N) is 1. The number of ether oxygens (including phenoxy) is 1. The maximum absolute atomic E-state index is 10.6. The summed E-state index contributed by atoms with van der Waals surface area (Å²) < 4.78 is 5.81. The highest BCUT2D eigenvalue weighted by Crippen LogP contribution is 2.04. The van der Waals surface area contributed by atoms with Crippen LogP contribution in [0.1, 0.15) is 5.56 Å². The zero-order chi connectivity index (χ0) is 10.6. The van der Waals surface area contributed by atoms with Gasteiger partial charge in [0, 0.05) is 7.05 Å². The van der Waals surface area contributed by atoms with Crippen molar-refractivity contribution in [1.29, 1.82) is 0 Å². The molecule has 1 rings (SSSR count). The molecule has 3 N–H and O–H groups in total. The number of hydrogen-bond acceptors (Lipinski definition) is 5. The Kier molecular flexibility index (Phi) is 3.05. The van der Waals surface area contributed by atoms with E-state index >= 15 is 0 Å². The number of amides is 1. The van der Waals surface area contributed by atoms with Crippen molar-refractivity contribution in [1.82, 2.24) is 15.2 Å². The predicted molar refractivity (Wildman–Crippen MR) is 50.8 cm³/mol. The molecular formula is C7H11N5O2.